The molecule has 0 spiro atoms. The number of carbonyl (C=O) groups is 1. The second-order valence-electron chi connectivity index (χ2n) is 5.24. The van der Waals surface area contributed by atoms with Crippen LogP contribution >= 0.6 is 15.9 Å². The van der Waals surface area contributed by atoms with Gasteiger partial charge in [-0.3, -0.25) is 4.79 Å². The van der Waals surface area contributed by atoms with Crippen molar-refractivity contribution in [1.29, 1.82) is 0 Å². The van der Waals surface area contributed by atoms with Crippen LogP contribution in [0.5, 0.6) is 0 Å². The third-order valence-corrected chi connectivity index (χ3v) is 4.35. The molecule has 1 aromatic rings. The Morgan fingerprint density at radius 1 is 1.40 bits per heavy atom. The van der Waals surface area contributed by atoms with Gasteiger partial charge >= 0.3 is 0 Å². The lowest BCUT2D eigenvalue weighted by Gasteiger charge is -2.25. The Kier molecular flexibility index (Phi) is 4.99. The molecule has 4 N–H and O–H groups in total. The molecule has 1 saturated carbocycles. The fourth-order valence-corrected chi connectivity index (χ4v) is 2.92. The highest BCUT2D eigenvalue weighted by atomic mass is 79.9. The molecular formula is C14H18BrFN2O2. The maximum Gasteiger partial charge on any atom is 0.252 e. The summed E-state index contributed by atoms with van der Waals surface area (Å²) in [4.78, 5) is 12.1. The van der Waals surface area contributed by atoms with Crippen molar-refractivity contribution in [3.63, 3.8) is 0 Å². The summed E-state index contributed by atoms with van der Waals surface area (Å²) in [6, 6.07) is 2.53. The summed E-state index contributed by atoms with van der Waals surface area (Å²) < 4.78 is 13.6. The number of nitrogen functional groups attached to an aromatic ring is 1. The highest BCUT2D eigenvalue weighted by Gasteiger charge is 2.20. The number of hydrogen-bond donors (Lipinski definition) is 3. The number of anilines is 1. The van der Waals surface area contributed by atoms with Gasteiger partial charge < -0.3 is 16.2 Å². The van der Waals surface area contributed by atoms with Crippen LogP contribution in [0.1, 0.15) is 36.0 Å². The van der Waals surface area contributed by atoms with E-state index in [4.69, 9.17) is 5.73 Å². The van der Waals surface area contributed by atoms with Crippen molar-refractivity contribution in [2.24, 2.45) is 5.92 Å². The van der Waals surface area contributed by atoms with Gasteiger partial charge in [-0.2, -0.15) is 0 Å². The Morgan fingerprint density at radius 3 is 2.70 bits per heavy atom. The lowest BCUT2D eigenvalue weighted by Crippen LogP contribution is -2.32. The van der Waals surface area contributed by atoms with Crippen molar-refractivity contribution in [1.82, 2.24) is 5.32 Å². The minimum absolute atomic E-state index is 0.0425. The maximum atomic E-state index is 13.2. The molecule has 6 heteroatoms. The lowest BCUT2D eigenvalue weighted by molar-refractivity contribution is 0.0909. The minimum atomic E-state index is -0.547. The summed E-state index contributed by atoms with van der Waals surface area (Å²) in [5, 5.41) is 12.3. The van der Waals surface area contributed by atoms with Gasteiger partial charge in [-0.1, -0.05) is 0 Å². The molecule has 2 rings (SSSR count). The zero-order valence-corrected chi connectivity index (χ0v) is 12.6. The van der Waals surface area contributed by atoms with Gasteiger partial charge in [0, 0.05) is 11.0 Å². The predicted octanol–water partition coefficient (Wildman–Crippen LogP) is 2.45. The van der Waals surface area contributed by atoms with Gasteiger partial charge in [-0.15, -0.1) is 0 Å². The van der Waals surface area contributed by atoms with Gasteiger partial charge in [-0.25, -0.2) is 4.39 Å². The van der Waals surface area contributed by atoms with Crippen molar-refractivity contribution in [3.8, 4) is 0 Å². The third-order valence-electron chi connectivity index (χ3n) is 3.70. The summed E-state index contributed by atoms with van der Waals surface area (Å²) in [5.74, 6) is -0.427. The number of nitrogens with one attached hydrogen (secondary N) is 1. The fourth-order valence-electron chi connectivity index (χ4n) is 2.42. The molecule has 20 heavy (non-hydrogen) atoms. The first-order valence-corrected chi connectivity index (χ1v) is 7.47. The number of nitrogens with two attached hydrogens (primary N) is 1. The molecule has 0 atom stereocenters. The highest BCUT2D eigenvalue weighted by Crippen LogP contribution is 2.25. The van der Waals surface area contributed by atoms with Crippen LogP contribution in [0.25, 0.3) is 0 Å². The summed E-state index contributed by atoms with van der Waals surface area (Å²) in [6.45, 7) is 0.565. The van der Waals surface area contributed by atoms with E-state index in [2.05, 4.69) is 21.2 Å². The van der Waals surface area contributed by atoms with E-state index in [9.17, 15) is 14.3 Å². The van der Waals surface area contributed by atoms with Crippen LogP contribution in [0.4, 0.5) is 10.1 Å². The first-order chi connectivity index (χ1) is 9.47. The lowest BCUT2D eigenvalue weighted by atomic mass is 9.87. The third kappa shape index (κ3) is 3.70. The van der Waals surface area contributed by atoms with Crippen molar-refractivity contribution in [2.75, 3.05) is 12.3 Å². The molecule has 1 aromatic carbocycles. The number of rotatable bonds is 3. The molecule has 110 valence electrons. The molecule has 0 radical (unpaired) electrons. The van der Waals surface area contributed by atoms with Crippen molar-refractivity contribution in [2.45, 2.75) is 31.8 Å². The van der Waals surface area contributed by atoms with Crippen LogP contribution in [-0.2, 0) is 0 Å². The summed E-state index contributed by atoms with van der Waals surface area (Å²) in [7, 11) is 0. The zero-order valence-electron chi connectivity index (χ0n) is 11.0. The van der Waals surface area contributed by atoms with Gasteiger partial charge in [0.15, 0.2) is 0 Å². The Morgan fingerprint density at radius 2 is 2.05 bits per heavy atom. The number of carbonyl (C=O) groups excluding carboxylic acids is 1. The molecule has 1 aliphatic carbocycles. The Balaban J connectivity index is 1.93. The smallest absolute Gasteiger partial charge is 0.252 e. The van der Waals surface area contributed by atoms with E-state index in [1.165, 1.54) is 12.1 Å². The summed E-state index contributed by atoms with van der Waals surface area (Å²) in [6.07, 6.45) is 3.19. The molecule has 4 nitrogen and oxygen atoms in total. The molecule has 0 aromatic heterocycles. The molecule has 0 aliphatic heterocycles. The van der Waals surface area contributed by atoms with Gasteiger partial charge in [0.1, 0.15) is 5.82 Å². The van der Waals surface area contributed by atoms with E-state index in [1.54, 1.807) is 0 Å². The van der Waals surface area contributed by atoms with E-state index in [1.807, 2.05) is 0 Å². The summed E-state index contributed by atoms with van der Waals surface area (Å²) in [5.41, 5.74) is 5.77. The van der Waals surface area contributed by atoms with Gasteiger partial charge in [0.25, 0.3) is 5.91 Å². The Labute approximate surface area is 125 Å². The molecule has 1 fully saturated rings. The largest absolute Gasteiger partial charge is 0.396 e. The molecule has 0 unspecified atom stereocenters. The van der Waals surface area contributed by atoms with Crippen molar-refractivity contribution in [3.05, 3.63) is 28.0 Å². The quantitative estimate of drug-likeness (QED) is 0.737. The van der Waals surface area contributed by atoms with Crippen molar-refractivity contribution < 1.29 is 14.3 Å². The number of amides is 1. The molecular weight excluding hydrogens is 327 g/mol. The zero-order chi connectivity index (χ0) is 14.7. The Hall–Kier alpha value is -1.14. The molecule has 0 bridgehead atoms. The highest BCUT2D eigenvalue weighted by molar-refractivity contribution is 9.10. The minimum Gasteiger partial charge on any atom is -0.396 e. The van der Waals surface area contributed by atoms with Crippen LogP contribution < -0.4 is 11.1 Å². The SMILES string of the molecule is Nc1cc(C(=O)NCC2CCC(O)CC2)c(Br)cc1F. The first-order valence-electron chi connectivity index (χ1n) is 6.68. The standard InChI is InChI=1S/C14H18BrFN2O2/c15-11-6-12(16)13(17)5-10(11)14(20)18-7-8-1-3-9(19)4-2-8/h5-6,8-9,19H,1-4,7,17H2,(H,18,20). The average Bonchev–Trinajstić information content (AvgIpc) is 2.42. The molecule has 0 heterocycles. The number of halogens is 2. The summed E-state index contributed by atoms with van der Waals surface area (Å²) >= 11 is 3.17. The fraction of sp³-hybridized carbons (Fsp3) is 0.500. The van der Waals surface area contributed by atoms with E-state index in [-0.39, 0.29) is 17.7 Å². The molecule has 0 saturated heterocycles. The predicted molar refractivity (Wildman–Crippen MR) is 78.8 cm³/mol. The first kappa shape index (κ1) is 15.3. The van der Waals surface area contributed by atoms with Crippen LogP contribution in [0.2, 0.25) is 0 Å². The average molecular weight is 345 g/mol. The van der Waals surface area contributed by atoms with E-state index in [0.29, 0.717) is 22.5 Å². The number of aliphatic hydroxyl groups is 1. The normalized spacial score (nSPS) is 22.6. The molecule has 1 aliphatic rings. The topological polar surface area (TPSA) is 75.4 Å². The van der Waals surface area contributed by atoms with Crippen LogP contribution in [0.3, 0.4) is 0 Å². The molecule has 1 amide bonds. The van der Waals surface area contributed by atoms with Crippen LogP contribution in [0.15, 0.2) is 16.6 Å². The van der Waals surface area contributed by atoms with Crippen LogP contribution in [-0.4, -0.2) is 23.7 Å². The monoisotopic (exact) mass is 344 g/mol. The van der Waals surface area contributed by atoms with E-state index >= 15 is 0 Å². The number of aliphatic hydroxyl groups excluding tert-OH is 1. The van der Waals surface area contributed by atoms with Gasteiger partial charge in [0.2, 0.25) is 0 Å². The van der Waals surface area contributed by atoms with E-state index in [0.717, 1.165) is 25.7 Å². The van der Waals surface area contributed by atoms with Gasteiger partial charge in [0.05, 0.1) is 17.4 Å². The second-order valence-corrected chi connectivity index (χ2v) is 6.09. The van der Waals surface area contributed by atoms with E-state index < -0.39 is 5.82 Å². The second kappa shape index (κ2) is 6.54. The van der Waals surface area contributed by atoms with Crippen molar-refractivity contribution >= 4 is 27.5 Å². The maximum absolute atomic E-state index is 13.2. The number of benzene rings is 1. The number of hydrogen-bond acceptors (Lipinski definition) is 3. The Bertz CT molecular complexity index is 502. The van der Waals surface area contributed by atoms with Gasteiger partial charge in [-0.05, 0) is 59.7 Å². The van der Waals surface area contributed by atoms with Crippen LogP contribution in [0, 0.1) is 11.7 Å².